The molecule has 0 amide bonds. The first-order chi connectivity index (χ1) is 8.71. The highest BCUT2D eigenvalue weighted by Crippen LogP contribution is 2.37. The van der Waals surface area contributed by atoms with Gasteiger partial charge in [0.05, 0.1) is 7.11 Å². The van der Waals surface area contributed by atoms with Crippen LogP contribution < -0.4 is 4.74 Å². The van der Waals surface area contributed by atoms with Crippen LogP contribution in [0.5, 0.6) is 5.75 Å². The summed E-state index contributed by atoms with van der Waals surface area (Å²) in [6.45, 7) is 3.44. The highest BCUT2D eigenvalue weighted by atomic mass is 16.5. The highest BCUT2D eigenvalue weighted by Gasteiger charge is 2.30. The predicted octanol–water partition coefficient (Wildman–Crippen LogP) is 2.24. The van der Waals surface area contributed by atoms with E-state index in [9.17, 15) is 5.11 Å². The molecule has 1 heterocycles. The van der Waals surface area contributed by atoms with E-state index in [0.29, 0.717) is 12.0 Å². The molecule has 100 valence electrons. The molecule has 18 heavy (non-hydrogen) atoms. The van der Waals surface area contributed by atoms with Crippen molar-refractivity contribution in [1.82, 2.24) is 4.90 Å². The second-order valence-corrected chi connectivity index (χ2v) is 5.09. The number of rotatable bonds is 4. The van der Waals surface area contributed by atoms with Gasteiger partial charge >= 0.3 is 0 Å². The van der Waals surface area contributed by atoms with Crippen molar-refractivity contribution in [2.75, 3.05) is 27.3 Å². The molecular formula is C15H23NO2. The van der Waals surface area contributed by atoms with Gasteiger partial charge in [-0.1, -0.05) is 13.0 Å². The number of ether oxygens (including phenoxy) is 1. The van der Waals surface area contributed by atoms with Crippen molar-refractivity contribution in [3.63, 3.8) is 0 Å². The van der Waals surface area contributed by atoms with E-state index in [2.05, 4.69) is 31.0 Å². The Labute approximate surface area is 109 Å². The minimum absolute atomic E-state index is 0.238. The summed E-state index contributed by atoms with van der Waals surface area (Å²) in [7, 11) is 3.85. The molecule has 1 aromatic rings. The molecule has 0 spiro atoms. The number of methoxy groups -OCH3 is 1. The van der Waals surface area contributed by atoms with Crippen LogP contribution in [0.25, 0.3) is 0 Å². The largest absolute Gasteiger partial charge is 0.497 e. The lowest BCUT2D eigenvalue weighted by Gasteiger charge is -2.39. The van der Waals surface area contributed by atoms with E-state index >= 15 is 0 Å². The fraction of sp³-hybridized carbons (Fsp3) is 0.600. The lowest BCUT2D eigenvalue weighted by atomic mass is 9.84. The molecule has 3 heteroatoms. The van der Waals surface area contributed by atoms with Gasteiger partial charge in [0.2, 0.25) is 0 Å². The van der Waals surface area contributed by atoms with Crippen LogP contribution in [0.15, 0.2) is 18.2 Å². The normalized spacial score (nSPS) is 21.4. The molecule has 0 bridgehead atoms. The van der Waals surface area contributed by atoms with Gasteiger partial charge in [-0.3, -0.25) is 4.90 Å². The van der Waals surface area contributed by atoms with Crippen molar-refractivity contribution < 1.29 is 9.84 Å². The van der Waals surface area contributed by atoms with Crippen molar-refractivity contribution >= 4 is 0 Å². The summed E-state index contributed by atoms with van der Waals surface area (Å²) in [4.78, 5) is 2.35. The fourth-order valence-corrected chi connectivity index (χ4v) is 2.94. The maximum Gasteiger partial charge on any atom is 0.119 e. The first-order valence-corrected chi connectivity index (χ1v) is 6.69. The summed E-state index contributed by atoms with van der Waals surface area (Å²) >= 11 is 0. The molecule has 1 aliphatic heterocycles. The molecule has 1 aromatic carbocycles. The molecule has 3 nitrogen and oxygen atoms in total. The molecule has 1 N–H and O–H groups in total. The van der Waals surface area contributed by atoms with E-state index in [1.165, 1.54) is 11.1 Å². The van der Waals surface area contributed by atoms with Crippen molar-refractivity contribution in [2.24, 2.45) is 5.92 Å². The van der Waals surface area contributed by atoms with Crippen molar-refractivity contribution in [1.29, 1.82) is 0 Å². The third kappa shape index (κ3) is 2.38. The molecule has 0 aliphatic carbocycles. The number of nitrogens with zero attached hydrogens (tertiary/aromatic N) is 1. The van der Waals surface area contributed by atoms with Gasteiger partial charge in [0.15, 0.2) is 0 Å². The van der Waals surface area contributed by atoms with E-state index in [1.807, 2.05) is 6.07 Å². The topological polar surface area (TPSA) is 32.7 Å². The van der Waals surface area contributed by atoms with E-state index in [0.717, 1.165) is 25.1 Å². The summed E-state index contributed by atoms with van der Waals surface area (Å²) in [5.74, 6) is 1.20. The maximum atomic E-state index is 9.59. The first-order valence-electron chi connectivity index (χ1n) is 6.69. The molecule has 0 radical (unpaired) electrons. The van der Waals surface area contributed by atoms with E-state index in [1.54, 1.807) is 7.11 Å². The van der Waals surface area contributed by atoms with Gasteiger partial charge in [-0.05, 0) is 43.1 Å². The van der Waals surface area contributed by atoms with E-state index in [-0.39, 0.29) is 6.61 Å². The molecule has 2 rings (SSSR count). The van der Waals surface area contributed by atoms with Crippen LogP contribution in [-0.4, -0.2) is 37.3 Å². The predicted molar refractivity (Wildman–Crippen MR) is 72.9 cm³/mol. The second-order valence-electron chi connectivity index (χ2n) is 5.09. The standard InChI is InChI=1S/C15H23NO2/c1-4-11(10-17)15-14-9-13(18-3)6-5-12(14)7-8-16(15)2/h5-6,9,11,15,17H,4,7-8,10H2,1-3H3. The summed E-state index contributed by atoms with van der Waals surface area (Å²) in [6, 6.07) is 6.63. The number of aliphatic hydroxyl groups excluding tert-OH is 1. The number of fused-ring (bicyclic) bond motifs is 1. The first kappa shape index (κ1) is 13.4. The minimum Gasteiger partial charge on any atom is -0.497 e. The van der Waals surface area contributed by atoms with Gasteiger partial charge in [0, 0.05) is 25.1 Å². The average molecular weight is 249 g/mol. The highest BCUT2D eigenvalue weighted by molar-refractivity contribution is 5.39. The zero-order chi connectivity index (χ0) is 13.1. The third-order valence-electron chi connectivity index (χ3n) is 4.09. The smallest absolute Gasteiger partial charge is 0.119 e. The maximum absolute atomic E-state index is 9.59. The van der Waals surface area contributed by atoms with Crippen LogP contribution in [0.2, 0.25) is 0 Å². The van der Waals surface area contributed by atoms with Crippen LogP contribution in [0.1, 0.15) is 30.5 Å². The van der Waals surface area contributed by atoms with E-state index < -0.39 is 0 Å². The Bertz CT molecular complexity index is 401. The summed E-state index contributed by atoms with van der Waals surface area (Å²) in [5.41, 5.74) is 2.72. The fourth-order valence-electron chi connectivity index (χ4n) is 2.94. The molecule has 0 fully saturated rings. The van der Waals surface area contributed by atoms with Gasteiger partial charge in [-0.2, -0.15) is 0 Å². The van der Waals surface area contributed by atoms with Crippen LogP contribution in [0, 0.1) is 5.92 Å². The Kier molecular flexibility index (Phi) is 4.25. The van der Waals surface area contributed by atoms with Gasteiger partial charge in [-0.15, -0.1) is 0 Å². The lowest BCUT2D eigenvalue weighted by Crippen LogP contribution is -2.37. The number of benzene rings is 1. The second kappa shape index (κ2) is 5.72. The zero-order valence-electron chi connectivity index (χ0n) is 11.5. The Morgan fingerprint density at radius 1 is 1.50 bits per heavy atom. The molecule has 0 saturated heterocycles. The number of hydrogen-bond acceptors (Lipinski definition) is 3. The Morgan fingerprint density at radius 2 is 2.28 bits per heavy atom. The summed E-state index contributed by atoms with van der Waals surface area (Å²) < 4.78 is 5.33. The monoisotopic (exact) mass is 249 g/mol. The third-order valence-corrected chi connectivity index (χ3v) is 4.09. The molecule has 1 aliphatic rings. The van der Waals surface area contributed by atoms with Gasteiger partial charge < -0.3 is 9.84 Å². The molecule has 0 aromatic heterocycles. The zero-order valence-corrected chi connectivity index (χ0v) is 11.5. The van der Waals surface area contributed by atoms with Crippen molar-refractivity contribution in [3.8, 4) is 5.75 Å². The molecular weight excluding hydrogens is 226 g/mol. The average Bonchev–Trinajstić information content (AvgIpc) is 2.41. The van der Waals surface area contributed by atoms with Crippen LogP contribution >= 0.6 is 0 Å². The van der Waals surface area contributed by atoms with Crippen molar-refractivity contribution in [2.45, 2.75) is 25.8 Å². The van der Waals surface area contributed by atoms with Gasteiger partial charge in [-0.25, -0.2) is 0 Å². The quantitative estimate of drug-likeness (QED) is 0.888. The number of hydrogen-bond donors (Lipinski definition) is 1. The minimum atomic E-state index is 0.238. The Hall–Kier alpha value is -1.06. The summed E-state index contributed by atoms with van der Waals surface area (Å²) in [6.07, 6.45) is 2.07. The Balaban J connectivity index is 2.41. The summed E-state index contributed by atoms with van der Waals surface area (Å²) in [5, 5.41) is 9.59. The van der Waals surface area contributed by atoms with E-state index in [4.69, 9.17) is 4.74 Å². The van der Waals surface area contributed by atoms with Crippen LogP contribution in [-0.2, 0) is 6.42 Å². The molecule has 0 saturated carbocycles. The SMILES string of the molecule is CCC(CO)C1c2cc(OC)ccc2CCN1C. The number of aliphatic hydroxyl groups is 1. The van der Waals surface area contributed by atoms with Crippen LogP contribution in [0.3, 0.4) is 0 Å². The lowest BCUT2D eigenvalue weighted by molar-refractivity contribution is 0.106. The van der Waals surface area contributed by atoms with Gasteiger partial charge in [0.25, 0.3) is 0 Å². The van der Waals surface area contributed by atoms with Gasteiger partial charge in [0.1, 0.15) is 5.75 Å². The van der Waals surface area contributed by atoms with Crippen LogP contribution in [0.4, 0.5) is 0 Å². The Morgan fingerprint density at radius 3 is 2.89 bits per heavy atom. The van der Waals surface area contributed by atoms with Crippen molar-refractivity contribution in [3.05, 3.63) is 29.3 Å². The molecule has 2 unspecified atom stereocenters. The number of likely N-dealkylation sites (N-methyl/N-ethyl adjacent to an activating group) is 1. The molecule has 2 atom stereocenters.